The number of anilines is 1. The lowest BCUT2D eigenvalue weighted by atomic mass is 9.95. The first-order chi connectivity index (χ1) is 9.70. The summed E-state index contributed by atoms with van der Waals surface area (Å²) in [6.07, 6.45) is -3.19. The highest BCUT2D eigenvalue weighted by Crippen LogP contribution is 2.30. The van der Waals surface area contributed by atoms with Crippen LogP contribution in [0.15, 0.2) is 24.3 Å². The summed E-state index contributed by atoms with van der Waals surface area (Å²) in [7, 11) is 0. The number of urea groups is 1. The van der Waals surface area contributed by atoms with Crippen molar-refractivity contribution in [3.63, 3.8) is 0 Å². The molecule has 0 aliphatic carbocycles. The van der Waals surface area contributed by atoms with Gasteiger partial charge in [0.05, 0.1) is 5.56 Å². The van der Waals surface area contributed by atoms with Crippen LogP contribution >= 0.6 is 0 Å². The van der Waals surface area contributed by atoms with Gasteiger partial charge in [0.1, 0.15) is 0 Å². The summed E-state index contributed by atoms with van der Waals surface area (Å²) in [5.41, 5.74) is 4.29. The number of rotatable bonds is 5. The van der Waals surface area contributed by atoms with Gasteiger partial charge in [0.2, 0.25) is 0 Å². The second kappa shape index (κ2) is 6.80. The average Bonchev–Trinajstić information content (AvgIpc) is 2.38. The first-order valence-corrected chi connectivity index (χ1v) is 6.66. The van der Waals surface area contributed by atoms with Crippen molar-refractivity contribution in [3.05, 3.63) is 29.8 Å². The maximum atomic E-state index is 12.6. The molecule has 0 aromatic heterocycles. The molecule has 0 saturated heterocycles. The number of halogens is 3. The van der Waals surface area contributed by atoms with Gasteiger partial charge >= 0.3 is 12.2 Å². The molecule has 0 bridgehead atoms. The van der Waals surface area contributed by atoms with Crippen LogP contribution in [0.3, 0.4) is 0 Å². The Balaban J connectivity index is 2.75. The molecule has 0 spiro atoms. The van der Waals surface area contributed by atoms with Crippen molar-refractivity contribution in [2.75, 3.05) is 11.9 Å². The molecule has 21 heavy (non-hydrogen) atoms. The van der Waals surface area contributed by atoms with E-state index in [2.05, 4.69) is 10.6 Å². The molecule has 1 atom stereocenters. The second-order valence-electron chi connectivity index (χ2n) is 5.11. The van der Waals surface area contributed by atoms with Crippen LogP contribution in [0.1, 0.15) is 32.3 Å². The smallest absolute Gasteiger partial charge is 0.333 e. The molecule has 7 heteroatoms. The summed E-state index contributed by atoms with van der Waals surface area (Å²) in [6.45, 7) is 4.15. The van der Waals surface area contributed by atoms with Crippen LogP contribution < -0.4 is 16.4 Å². The van der Waals surface area contributed by atoms with Crippen LogP contribution in [-0.2, 0) is 6.18 Å². The quantitative estimate of drug-likeness (QED) is 0.781. The van der Waals surface area contributed by atoms with Crippen LogP contribution in [0.2, 0.25) is 0 Å². The third-order valence-electron chi connectivity index (χ3n) is 3.34. The third kappa shape index (κ3) is 5.26. The monoisotopic (exact) mass is 303 g/mol. The zero-order valence-corrected chi connectivity index (χ0v) is 12.1. The zero-order valence-electron chi connectivity index (χ0n) is 12.1. The molecule has 0 radical (unpaired) electrons. The summed E-state index contributed by atoms with van der Waals surface area (Å²) in [4.78, 5) is 11.9. The van der Waals surface area contributed by atoms with Crippen LogP contribution in [0.25, 0.3) is 0 Å². The average molecular weight is 303 g/mol. The lowest BCUT2D eigenvalue weighted by Crippen LogP contribution is -2.48. The van der Waals surface area contributed by atoms with E-state index in [1.54, 1.807) is 0 Å². The molecule has 0 fully saturated rings. The fourth-order valence-corrected chi connectivity index (χ4v) is 1.86. The third-order valence-corrected chi connectivity index (χ3v) is 3.34. The molecule has 0 saturated carbocycles. The molecule has 4 nitrogen and oxygen atoms in total. The highest BCUT2D eigenvalue weighted by atomic mass is 19.4. The van der Waals surface area contributed by atoms with Gasteiger partial charge in [0.25, 0.3) is 0 Å². The topological polar surface area (TPSA) is 67.1 Å². The number of benzene rings is 1. The Labute approximate surface area is 121 Å². The van der Waals surface area contributed by atoms with Gasteiger partial charge in [-0.25, -0.2) is 4.79 Å². The highest BCUT2D eigenvalue weighted by molar-refractivity contribution is 5.89. The maximum absolute atomic E-state index is 12.6. The summed E-state index contributed by atoms with van der Waals surface area (Å²) in [5.74, 6) is 0. The van der Waals surface area contributed by atoms with Gasteiger partial charge in [-0.15, -0.1) is 0 Å². The van der Waals surface area contributed by atoms with Crippen molar-refractivity contribution < 1.29 is 18.0 Å². The molecule has 0 aliphatic rings. The van der Waals surface area contributed by atoms with E-state index < -0.39 is 23.3 Å². The summed E-state index contributed by atoms with van der Waals surface area (Å²) in [6, 6.07) is 3.95. The molecular weight excluding hydrogens is 283 g/mol. The number of alkyl halides is 3. The predicted molar refractivity (Wildman–Crippen MR) is 76.0 cm³/mol. The number of carbonyl (C=O) groups excluding carboxylic acids is 1. The number of amides is 2. The van der Waals surface area contributed by atoms with Gasteiger partial charge in [-0.05, 0) is 44.5 Å². The molecule has 4 N–H and O–H groups in total. The number of carbonyl (C=O) groups is 1. The van der Waals surface area contributed by atoms with E-state index in [9.17, 15) is 18.0 Å². The SMILES string of the molecule is CCC(C)(CCN)NC(=O)Nc1cccc(C(F)(F)F)c1. The minimum absolute atomic E-state index is 0.0912. The van der Waals surface area contributed by atoms with Gasteiger partial charge in [-0.2, -0.15) is 13.2 Å². The highest BCUT2D eigenvalue weighted by Gasteiger charge is 2.30. The van der Waals surface area contributed by atoms with E-state index in [4.69, 9.17) is 5.73 Å². The molecule has 1 unspecified atom stereocenters. The lowest BCUT2D eigenvalue weighted by Gasteiger charge is -2.29. The Kier molecular flexibility index (Phi) is 5.60. The molecule has 0 heterocycles. The van der Waals surface area contributed by atoms with Gasteiger partial charge in [0, 0.05) is 11.2 Å². The Bertz CT molecular complexity index is 491. The fraction of sp³-hybridized carbons (Fsp3) is 0.500. The molecular formula is C14H20F3N3O. The minimum Gasteiger partial charge on any atom is -0.333 e. The van der Waals surface area contributed by atoms with Gasteiger partial charge in [0.15, 0.2) is 0 Å². The van der Waals surface area contributed by atoms with E-state index in [1.807, 2.05) is 13.8 Å². The standard InChI is InChI=1S/C14H20F3N3O/c1-3-13(2,7-8-18)20-12(21)19-11-6-4-5-10(9-11)14(15,16)17/h4-6,9H,3,7-8,18H2,1-2H3,(H2,19,20,21). The van der Waals surface area contributed by atoms with E-state index in [-0.39, 0.29) is 5.69 Å². The van der Waals surface area contributed by atoms with Crippen LogP contribution in [-0.4, -0.2) is 18.1 Å². The molecule has 2 amide bonds. The van der Waals surface area contributed by atoms with Crippen molar-refractivity contribution in [2.24, 2.45) is 5.73 Å². The van der Waals surface area contributed by atoms with E-state index >= 15 is 0 Å². The van der Waals surface area contributed by atoms with Crippen molar-refractivity contribution >= 4 is 11.7 Å². The normalized spacial score (nSPS) is 14.4. The zero-order chi connectivity index (χ0) is 16.1. The van der Waals surface area contributed by atoms with Crippen molar-refractivity contribution in [2.45, 2.75) is 38.4 Å². The van der Waals surface area contributed by atoms with E-state index in [1.165, 1.54) is 12.1 Å². The van der Waals surface area contributed by atoms with E-state index in [0.717, 1.165) is 12.1 Å². The Hall–Kier alpha value is -1.76. The molecule has 1 aromatic rings. The first kappa shape index (κ1) is 17.3. The minimum atomic E-state index is -4.44. The molecule has 1 rings (SSSR count). The molecule has 0 aliphatic heterocycles. The summed E-state index contributed by atoms with van der Waals surface area (Å²) in [5, 5.41) is 5.15. The van der Waals surface area contributed by atoms with Gasteiger partial charge < -0.3 is 16.4 Å². The number of nitrogens with one attached hydrogen (secondary N) is 2. The summed E-state index contributed by atoms with van der Waals surface area (Å²) < 4.78 is 37.8. The van der Waals surface area contributed by atoms with Gasteiger partial charge in [-0.3, -0.25) is 0 Å². The number of nitrogens with two attached hydrogens (primary N) is 1. The van der Waals surface area contributed by atoms with Crippen molar-refractivity contribution in [1.82, 2.24) is 5.32 Å². The lowest BCUT2D eigenvalue weighted by molar-refractivity contribution is -0.137. The van der Waals surface area contributed by atoms with Crippen LogP contribution in [0.4, 0.5) is 23.7 Å². The second-order valence-corrected chi connectivity index (χ2v) is 5.11. The van der Waals surface area contributed by atoms with Crippen molar-refractivity contribution in [1.29, 1.82) is 0 Å². The fourth-order valence-electron chi connectivity index (χ4n) is 1.86. The maximum Gasteiger partial charge on any atom is 0.416 e. The predicted octanol–water partition coefficient (Wildman–Crippen LogP) is 3.34. The molecule has 118 valence electrons. The van der Waals surface area contributed by atoms with Crippen molar-refractivity contribution in [3.8, 4) is 0 Å². The molecule has 1 aromatic carbocycles. The number of hydrogen-bond donors (Lipinski definition) is 3. The number of hydrogen-bond acceptors (Lipinski definition) is 2. The van der Waals surface area contributed by atoms with Gasteiger partial charge in [-0.1, -0.05) is 13.0 Å². The summed E-state index contributed by atoms with van der Waals surface area (Å²) >= 11 is 0. The Morgan fingerprint density at radius 3 is 2.52 bits per heavy atom. The van der Waals surface area contributed by atoms with Crippen LogP contribution in [0, 0.1) is 0 Å². The Morgan fingerprint density at radius 2 is 2.00 bits per heavy atom. The van der Waals surface area contributed by atoms with Crippen LogP contribution in [0.5, 0.6) is 0 Å². The van der Waals surface area contributed by atoms with E-state index in [0.29, 0.717) is 19.4 Å². The largest absolute Gasteiger partial charge is 0.416 e. The first-order valence-electron chi connectivity index (χ1n) is 6.66. The Morgan fingerprint density at radius 1 is 1.33 bits per heavy atom.